The maximum atomic E-state index is 13.1. The van der Waals surface area contributed by atoms with Crippen molar-refractivity contribution in [1.29, 1.82) is 0 Å². The Balaban J connectivity index is 2.29. The second-order valence-electron chi connectivity index (χ2n) is 9.87. The summed E-state index contributed by atoms with van der Waals surface area (Å²) in [7, 11) is 0. The second-order valence-corrected chi connectivity index (χ2v) is 10.7. The number of allylic oxidation sites excluding steroid dienone is 4. The average molecular weight is 453 g/mol. The van der Waals surface area contributed by atoms with Crippen molar-refractivity contribution in [3.05, 3.63) is 50.4 Å². The molecule has 0 saturated heterocycles. The van der Waals surface area contributed by atoms with E-state index in [-0.39, 0.29) is 75.7 Å². The lowest BCUT2D eigenvalue weighted by Gasteiger charge is -2.36. The molecule has 0 aliphatic heterocycles. The normalized spacial score (nSPS) is 21.6. The predicted octanol–water partition coefficient (Wildman–Crippen LogP) is 6.19. The molecule has 0 bridgehead atoms. The summed E-state index contributed by atoms with van der Waals surface area (Å²) in [4.78, 5) is 26.2. The van der Waals surface area contributed by atoms with Crippen LogP contribution in [0.25, 0.3) is 0 Å². The van der Waals surface area contributed by atoms with E-state index in [1.807, 2.05) is 27.7 Å². The zero-order chi connectivity index (χ0) is 22.6. The summed E-state index contributed by atoms with van der Waals surface area (Å²) in [5, 5.41) is 31.5. The lowest BCUT2D eigenvalue weighted by Crippen LogP contribution is -2.33. The third-order valence-electron chi connectivity index (χ3n) is 5.74. The monoisotopic (exact) mass is 452 g/mol. The highest BCUT2D eigenvalue weighted by molar-refractivity contribution is 6.37. The number of carbonyl (C=O) groups is 2. The summed E-state index contributed by atoms with van der Waals surface area (Å²) >= 11 is 12.2. The van der Waals surface area contributed by atoms with E-state index in [2.05, 4.69) is 0 Å². The maximum absolute atomic E-state index is 13.1. The summed E-state index contributed by atoms with van der Waals surface area (Å²) in [5.74, 6) is -2.16. The summed E-state index contributed by atoms with van der Waals surface area (Å²) < 4.78 is 0. The Morgan fingerprint density at radius 2 is 1.13 bits per heavy atom. The molecule has 0 amide bonds. The van der Waals surface area contributed by atoms with Gasteiger partial charge in [0.2, 0.25) is 0 Å². The average Bonchev–Trinajstić information content (AvgIpc) is 2.54. The molecule has 0 heterocycles. The van der Waals surface area contributed by atoms with Crippen LogP contribution in [0.4, 0.5) is 0 Å². The number of aromatic hydroxyl groups is 1. The van der Waals surface area contributed by atoms with Gasteiger partial charge >= 0.3 is 0 Å². The molecule has 0 atom stereocenters. The Kier molecular flexibility index (Phi) is 5.76. The van der Waals surface area contributed by atoms with Crippen LogP contribution in [-0.4, -0.2) is 26.9 Å². The van der Waals surface area contributed by atoms with E-state index < -0.39 is 16.7 Å². The molecule has 0 aromatic heterocycles. The molecule has 5 nitrogen and oxygen atoms in total. The van der Waals surface area contributed by atoms with Crippen molar-refractivity contribution in [2.45, 2.75) is 59.3 Å². The number of hydrogen-bond donors (Lipinski definition) is 3. The second kappa shape index (κ2) is 7.61. The van der Waals surface area contributed by atoms with Gasteiger partial charge in [-0.1, -0.05) is 50.9 Å². The number of hydrogen-bond acceptors (Lipinski definition) is 5. The van der Waals surface area contributed by atoms with Gasteiger partial charge in [0, 0.05) is 42.7 Å². The lowest BCUT2D eigenvalue weighted by atomic mass is 9.67. The highest BCUT2D eigenvalue weighted by atomic mass is 35.5. The zero-order valence-electron chi connectivity index (χ0n) is 17.5. The molecule has 0 radical (unpaired) electrons. The van der Waals surface area contributed by atoms with Gasteiger partial charge in [-0.25, -0.2) is 0 Å². The van der Waals surface area contributed by atoms with Gasteiger partial charge in [-0.05, 0) is 28.5 Å². The highest BCUT2D eigenvalue weighted by Gasteiger charge is 2.43. The van der Waals surface area contributed by atoms with Crippen molar-refractivity contribution >= 4 is 34.8 Å². The first-order valence-electron chi connectivity index (χ1n) is 9.81. The summed E-state index contributed by atoms with van der Waals surface area (Å²) in [6.07, 6.45) is 0.905. The van der Waals surface area contributed by atoms with Crippen molar-refractivity contribution in [3.63, 3.8) is 0 Å². The zero-order valence-corrected chi connectivity index (χ0v) is 19.0. The molecule has 2 aliphatic carbocycles. The number of Topliss-reactive ketones (excluding diaryl/α,β-unsaturated/α-hetero) is 2. The van der Waals surface area contributed by atoms with E-state index in [1.165, 1.54) is 12.1 Å². The molecule has 0 fully saturated rings. The topological polar surface area (TPSA) is 94.8 Å². The minimum Gasteiger partial charge on any atom is -0.512 e. The molecule has 162 valence electrons. The number of carbonyl (C=O) groups excluding carboxylic acids is 2. The third-order valence-corrected chi connectivity index (χ3v) is 6.32. The first-order chi connectivity index (χ1) is 13.7. The third kappa shape index (κ3) is 4.23. The van der Waals surface area contributed by atoms with Gasteiger partial charge in [0.1, 0.15) is 11.5 Å². The van der Waals surface area contributed by atoms with E-state index in [1.54, 1.807) is 0 Å². The van der Waals surface area contributed by atoms with Gasteiger partial charge in [0.05, 0.1) is 10.0 Å². The fraction of sp³-hybridized carbons (Fsp3) is 0.478. The highest BCUT2D eigenvalue weighted by Crippen LogP contribution is 2.49. The Morgan fingerprint density at radius 3 is 1.47 bits per heavy atom. The molecule has 0 unspecified atom stereocenters. The molecule has 7 heteroatoms. The van der Waals surface area contributed by atoms with E-state index >= 15 is 0 Å². The minimum atomic E-state index is -1.02. The Bertz CT molecular complexity index is 926. The minimum absolute atomic E-state index is 0.0464. The first kappa shape index (κ1) is 22.7. The number of halogens is 2. The van der Waals surface area contributed by atoms with Gasteiger partial charge in [0.25, 0.3) is 0 Å². The first-order valence-corrected chi connectivity index (χ1v) is 10.6. The quantitative estimate of drug-likeness (QED) is 0.508. The van der Waals surface area contributed by atoms with Gasteiger partial charge in [0.15, 0.2) is 17.3 Å². The van der Waals surface area contributed by atoms with Crippen molar-refractivity contribution in [3.8, 4) is 5.75 Å². The number of phenols is 1. The van der Waals surface area contributed by atoms with Crippen molar-refractivity contribution in [2.24, 2.45) is 10.8 Å². The van der Waals surface area contributed by atoms with Crippen LogP contribution < -0.4 is 0 Å². The molecule has 3 rings (SSSR count). The van der Waals surface area contributed by atoms with E-state index in [4.69, 9.17) is 23.2 Å². The molecular weight excluding hydrogens is 427 g/mol. The predicted molar refractivity (Wildman–Crippen MR) is 116 cm³/mol. The van der Waals surface area contributed by atoms with E-state index in [0.29, 0.717) is 5.56 Å². The largest absolute Gasteiger partial charge is 0.512 e. The van der Waals surface area contributed by atoms with E-state index in [0.717, 1.165) is 0 Å². The molecule has 0 spiro atoms. The summed E-state index contributed by atoms with van der Waals surface area (Å²) in [6, 6.07) is 2.82. The Morgan fingerprint density at radius 1 is 0.767 bits per heavy atom. The summed E-state index contributed by atoms with van der Waals surface area (Å²) in [6.45, 7) is 7.52. The van der Waals surface area contributed by atoms with Crippen molar-refractivity contribution in [2.75, 3.05) is 0 Å². The number of ketones is 2. The molecule has 0 saturated carbocycles. The van der Waals surface area contributed by atoms with Crippen molar-refractivity contribution < 1.29 is 24.9 Å². The fourth-order valence-electron chi connectivity index (χ4n) is 4.49. The van der Waals surface area contributed by atoms with Crippen LogP contribution in [-0.2, 0) is 9.59 Å². The van der Waals surface area contributed by atoms with Crippen LogP contribution in [0.1, 0.15) is 64.9 Å². The maximum Gasteiger partial charge on any atom is 0.163 e. The van der Waals surface area contributed by atoms with Crippen LogP contribution in [0.15, 0.2) is 34.8 Å². The van der Waals surface area contributed by atoms with Gasteiger partial charge in [-0.2, -0.15) is 0 Å². The van der Waals surface area contributed by atoms with Crippen molar-refractivity contribution in [1.82, 2.24) is 0 Å². The van der Waals surface area contributed by atoms with Crippen LogP contribution >= 0.6 is 23.2 Å². The van der Waals surface area contributed by atoms with Gasteiger partial charge in [-0.3, -0.25) is 9.59 Å². The molecular formula is C23H26Cl2O5. The molecule has 30 heavy (non-hydrogen) atoms. The molecule has 1 aromatic carbocycles. The van der Waals surface area contributed by atoms with Crippen LogP contribution in [0, 0.1) is 10.8 Å². The number of aliphatic hydroxyl groups excluding tert-OH is 2. The van der Waals surface area contributed by atoms with Gasteiger partial charge in [-0.15, -0.1) is 0 Å². The molecule has 3 N–H and O–H groups in total. The van der Waals surface area contributed by atoms with Crippen LogP contribution in [0.3, 0.4) is 0 Å². The standard InChI is InChI=1S/C23H26Cl2O5/c1-22(2)7-14(26)19(15(27)8-22)18(11-5-12(24)21(30)13(25)6-11)20-16(28)9-23(3,4)10-17(20)29/h5-6,18,26,28,30H,7-10H2,1-4H3. The van der Waals surface area contributed by atoms with Crippen LogP contribution in [0.5, 0.6) is 5.75 Å². The van der Waals surface area contributed by atoms with Gasteiger partial charge < -0.3 is 15.3 Å². The molecule has 2 aliphatic rings. The number of benzene rings is 1. The van der Waals surface area contributed by atoms with E-state index in [9.17, 15) is 24.9 Å². The Hall–Kier alpha value is -1.98. The number of rotatable bonds is 3. The summed E-state index contributed by atoms with van der Waals surface area (Å²) in [5.41, 5.74) is -0.348. The number of phenolic OH excluding ortho intramolecular Hbond substituents is 1. The molecule has 1 aromatic rings. The number of aliphatic hydroxyl groups is 2. The Labute approximate surface area is 186 Å². The SMILES string of the molecule is CC1(C)CC(=O)C(C(C2=C(O)CC(C)(C)CC2=O)c2cc(Cl)c(O)c(Cl)c2)=C(O)C1. The lowest BCUT2D eigenvalue weighted by molar-refractivity contribution is -0.119. The smallest absolute Gasteiger partial charge is 0.163 e. The van der Waals surface area contributed by atoms with Crippen LogP contribution in [0.2, 0.25) is 10.0 Å². The fourth-order valence-corrected chi connectivity index (χ4v) is 4.99.